The number of carbonyl (C=O) groups excluding carboxylic acids is 1. The van der Waals surface area contributed by atoms with Gasteiger partial charge in [-0.2, -0.15) is 0 Å². The Balaban J connectivity index is 1.62. The largest absolute Gasteiger partial charge is 0.497 e. The molecular formula is C18H27N7O2. The second kappa shape index (κ2) is 5.41. The number of nitrogens with one attached hydrogen (secondary N) is 1. The van der Waals surface area contributed by atoms with Crippen LogP contribution in [0, 0.1) is 12.8 Å². The van der Waals surface area contributed by atoms with Gasteiger partial charge in [0.2, 0.25) is 5.91 Å². The first-order valence-electron chi connectivity index (χ1n) is 8.96. The number of nitrogens with two attached hydrogens (primary N) is 3. The average Bonchev–Trinajstić information content (AvgIpc) is 2.80. The van der Waals surface area contributed by atoms with Gasteiger partial charge < -0.3 is 25.9 Å². The minimum Gasteiger partial charge on any atom is -0.497 e. The van der Waals surface area contributed by atoms with Gasteiger partial charge in [-0.1, -0.05) is 0 Å². The fraction of sp³-hybridized carbons (Fsp3) is 0.556. The third-order valence-electron chi connectivity index (χ3n) is 6.03. The highest BCUT2D eigenvalue weighted by molar-refractivity contribution is 5.88. The summed E-state index contributed by atoms with van der Waals surface area (Å²) < 4.78 is 7.26. The Morgan fingerprint density at radius 2 is 2.00 bits per heavy atom. The van der Waals surface area contributed by atoms with Crippen LogP contribution in [0.3, 0.4) is 0 Å². The number of hydrazine groups is 1. The number of hydrogen-bond acceptors (Lipinski definition) is 7. The maximum atomic E-state index is 13.0. The van der Waals surface area contributed by atoms with Crippen LogP contribution in [0.4, 0.5) is 0 Å². The molecule has 2 aromatic rings. The van der Waals surface area contributed by atoms with E-state index in [4.69, 9.17) is 27.0 Å². The van der Waals surface area contributed by atoms with E-state index in [0.29, 0.717) is 13.1 Å². The van der Waals surface area contributed by atoms with Crippen LogP contribution in [0.5, 0.6) is 5.75 Å². The maximum absolute atomic E-state index is 13.0. The third kappa shape index (κ3) is 2.39. The number of aromatic nitrogens is 2. The van der Waals surface area contributed by atoms with Crippen molar-refractivity contribution in [2.24, 2.45) is 23.2 Å². The van der Waals surface area contributed by atoms with Gasteiger partial charge in [0.1, 0.15) is 11.6 Å². The van der Waals surface area contributed by atoms with Crippen LogP contribution in [-0.4, -0.2) is 51.6 Å². The van der Waals surface area contributed by atoms with E-state index < -0.39 is 22.5 Å². The van der Waals surface area contributed by atoms with Gasteiger partial charge in [-0.05, 0) is 26.8 Å². The summed E-state index contributed by atoms with van der Waals surface area (Å²) in [6.45, 7) is 6.59. The topological polar surface area (TPSA) is 137 Å². The van der Waals surface area contributed by atoms with Gasteiger partial charge in [0.05, 0.1) is 40.9 Å². The molecule has 9 nitrogen and oxygen atoms in total. The summed E-state index contributed by atoms with van der Waals surface area (Å²) >= 11 is 0. The number of rotatable bonds is 4. The molecular weight excluding hydrogens is 346 g/mol. The molecule has 1 saturated carbocycles. The lowest BCUT2D eigenvalue weighted by atomic mass is 10.0. The number of amides is 1. The molecule has 4 rings (SSSR count). The summed E-state index contributed by atoms with van der Waals surface area (Å²) in [6, 6.07) is 3.79. The maximum Gasteiger partial charge on any atom is 0.227 e. The SMILES string of the molecule is COc1ccn2c(C(C)(C)NC(=O)[C@H]3[C@]4(N)CN(N)C[C@]34N)nc(C)c2c1. The lowest BCUT2D eigenvalue weighted by molar-refractivity contribution is -0.125. The highest BCUT2D eigenvalue weighted by Crippen LogP contribution is 2.55. The van der Waals surface area contributed by atoms with Crippen LogP contribution >= 0.6 is 0 Å². The molecule has 0 bridgehead atoms. The van der Waals surface area contributed by atoms with Crippen molar-refractivity contribution >= 4 is 11.4 Å². The highest BCUT2D eigenvalue weighted by Gasteiger charge is 2.79. The van der Waals surface area contributed by atoms with Gasteiger partial charge >= 0.3 is 0 Å². The molecule has 146 valence electrons. The number of ether oxygens (including phenoxy) is 1. The average molecular weight is 373 g/mol. The summed E-state index contributed by atoms with van der Waals surface area (Å²) in [6.07, 6.45) is 1.89. The lowest BCUT2D eigenvalue weighted by Gasteiger charge is -2.27. The van der Waals surface area contributed by atoms with Crippen molar-refractivity contribution < 1.29 is 9.53 Å². The smallest absolute Gasteiger partial charge is 0.227 e. The predicted molar refractivity (Wildman–Crippen MR) is 101 cm³/mol. The Hall–Kier alpha value is -2.20. The summed E-state index contributed by atoms with van der Waals surface area (Å²) in [4.78, 5) is 17.7. The number of methoxy groups -OCH3 is 1. The molecule has 3 atom stereocenters. The predicted octanol–water partition coefficient (Wildman–Crippen LogP) is -0.783. The Kier molecular flexibility index (Phi) is 3.65. The summed E-state index contributed by atoms with van der Waals surface area (Å²) in [5, 5.41) is 4.67. The molecule has 2 aromatic heterocycles. The van der Waals surface area contributed by atoms with Gasteiger partial charge in [0.25, 0.3) is 0 Å². The highest BCUT2D eigenvalue weighted by atomic mass is 16.5. The number of aryl methyl sites for hydroxylation is 1. The van der Waals surface area contributed by atoms with Crippen molar-refractivity contribution in [3.63, 3.8) is 0 Å². The van der Waals surface area contributed by atoms with Crippen LogP contribution in [0.1, 0.15) is 25.4 Å². The standard InChI is InChI=1S/C18H27N7O2/c1-10-12-7-11(27-4)5-6-25(12)15(22-10)16(2,3)23-14(26)13-17(19)8-24(21)9-18(13,17)20/h5-7,13H,8-9,19-21H2,1-4H3,(H,23,26)/t13-,17+,18-. The van der Waals surface area contributed by atoms with Crippen LogP contribution in [-0.2, 0) is 10.3 Å². The molecule has 0 unspecified atom stereocenters. The molecule has 27 heavy (non-hydrogen) atoms. The van der Waals surface area contributed by atoms with E-state index in [1.807, 2.05) is 43.5 Å². The number of imidazole rings is 1. The molecule has 3 heterocycles. The zero-order chi connectivity index (χ0) is 19.8. The monoisotopic (exact) mass is 373 g/mol. The number of fused-ring (bicyclic) bond motifs is 2. The summed E-state index contributed by atoms with van der Waals surface area (Å²) in [5.74, 6) is 6.67. The van der Waals surface area contributed by atoms with E-state index in [1.54, 1.807) is 12.1 Å². The van der Waals surface area contributed by atoms with Crippen LogP contribution < -0.4 is 27.4 Å². The van der Waals surface area contributed by atoms with Crippen molar-refractivity contribution in [2.75, 3.05) is 20.2 Å². The van der Waals surface area contributed by atoms with Crippen molar-refractivity contribution in [1.82, 2.24) is 19.7 Å². The quantitative estimate of drug-likeness (QED) is 0.516. The van der Waals surface area contributed by atoms with Crippen molar-refractivity contribution in [1.29, 1.82) is 0 Å². The van der Waals surface area contributed by atoms with Crippen LogP contribution in [0.15, 0.2) is 18.3 Å². The van der Waals surface area contributed by atoms with Crippen LogP contribution in [0.25, 0.3) is 5.52 Å². The van der Waals surface area contributed by atoms with Crippen molar-refractivity contribution in [2.45, 2.75) is 37.4 Å². The fourth-order valence-corrected chi connectivity index (χ4v) is 4.54. The minimum atomic E-state index is -0.778. The molecule has 2 fully saturated rings. The molecule has 1 aliphatic carbocycles. The second-order valence-corrected chi connectivity index (χ2v) is 8.38. The van der Waals surface area contributed by atoms with Gasteiger partial charge in [0, 0.05) is 25.4 Å². The first-order chi connectivity index (χ1) is 12.5. The van der Waals surface area contributed by atoms with E-state index in [2.05, 4.69) is 5.32 Å². The van der Waals surface area contributed by atoms with Gasteiger partial charge in [-0.25, -0.2) is 9.99 Å². The Labute approximate surface area is 157 Å². The van der Waals surface area contributed by atoms with E-state index in [1.165, 1.54) is 0 Å². The summed E-state index contributed by atoms with van der Waals surface area (Å²) in [7, 11) is 1.63. The third-order valence-corrected chi connectivity index (χ3v) is 6.03. The van der Waals surface area contributed by atoms with E-state index in [9.17, 15) is 4.79 Å². The molecule has 0 spiro atoms. The summed E-state index contributed by atoms with van der Waals surface area (Å²) in [5.41, 5.74) is 12.2. The molecule has 2 aliphatic rings. The minimum absolute atomic E-state index is 0.166. The molecule has 1 aliphatic heterocycles. The molecule has 0 radical (unpaired) electrons. The zero-order valence-corrected chi connectivity index (χ0v) is 16.1. The number of nitrogens with zero attached hydrogens (tertiary/aromatic N) is 3. The number of pyridine rings is 1. The van der Waals surface area contributed by atoms with Crippen molar-refractivity contribution in [3.8, 4) is 5.75 Å². The van der Waals surface area contributed by atoms with Crippen molar-refractivity contribution in [3.05, 3.63) is 29.8 Å². The normalized spacial score (nSPS) is 30.4. The Bertz CT molecular complexity index is 921. The first-order valence-corrected chi connectivity index (χ1v) is 8.96. The van der Waals surface area contributed by atoms with Gasteiger partial charge in [0.15, 0.2) is 0 Å². The molecule has 0 aromatic carbocycles. The number of carbonyl (C=O) groups is 1. The Morgan fingerprint density at radius 1 is 1.37 bits per heavy atom. The number of piperidine rings is 1. The van der Waals surface area contributed by atoms with E-state index in [0.717, 1.165) is 22.8 Å². The zero-order valence-electron chi connectivity index (χ0n) is 16.1. The lowest BCUT2D eigenvalue weighted by Crippen LogP contribution is -2.49. The van der Waals surface area contributed by atoms with Gasteiger partial charge in [-0.15, -0.1) is 0 Å². The first kappa shape index (κ1) is 18.2. The van der Waals surface area contributed by atoms with E-state index in [-0.39, 0.29) is 5.91 Å². The molecule has 1 amide bonds. The molecule has 1 saturated heterocycles. The Morgan fingerprint density at radius 3 is 2.59 bits per heavy atom. The number of hydrogen-bond donors (Lipinski definition) is 4. The van der Waals surface area contributed by atoms with Crippen LogP contribution in [0.2, 0.25) is 0 Å². The van der Waals surface area contributed by atoms with Gasteiger partial charge in [-0.3, -0.25) is 10.6 Å². The second-order valence-electron chi connectivity index (χ2n) is 8.38. The fourth-order valence-electron chi connectivity index (χ4n) is 4.54. The molecule has 7 N–H and O–H groups in total. The molecule has 9 heteroatoms. The van der Waals surface area contributed by atoms with E-state index >= 15 is 0 Å².